The van der Waals surface area contributed by atoms with E-state index in [1.807, 2.05) is 4.90 Å². The van der Waals surface area contributed by atoms with E-state index >= 15 is 0 Å². The smallest absolute Gasteiger partial charge is 0.258 e. The van der Waals surface area contributed by atoms with Crippen molar-refractivity contribution < 1.29 is 33.0 Å². The van der Waals surface area contributed by atoms with Gasteiger partial charge in [-0.05, 0) is 42.7 Å². The molecule has 2 fully saturated rings. The van der Waals surface area contributed by atoms with Gasteiger partial charge < -0.3 is 24.8 Å². The molecule has 0 aromatic heterocycles. The zero-order valence-electron chi connectivity index (χ0n) is 20.4. The predicted octanol–water partition coefficient (Wildman–Crippen LogP) is 2.10. The summed E-state index contributed by atoms with van der Waals surface area (Å²) in [6.07, 6.45) is 0.492. The highest BCUT2D eigenvalue weighted by molar-refractivity contribution is 6.00. The van der Waals surface area contributed by atoms with Crippen molar-refractivity contribution in [1.82, 2.24) is 15.1 Å². The second-order valence-corrected chi connectivity index (χ2v) is 9.82. The fourth-order valence-electron chi connectivity index (χ4n) is 5.23. The Hall–Kier alpha value is -3.08. The number of piperazine rings is 1. The molecule has 37 heavy (non-hydrogen) atoms. The van der Waals surface area contributed by atoms with E-state index in [2.05, 4.69) is 5.32 Å². The molecule has 2 aromatic rings. The molecule has 5 rings (SSSR count). The number of ether oxygens (including phenoxy) is 2. The minimum atomic E-state index is -0.928. The predicted molar refractivity (Wildman–Crippen MR) is 130 cm³/mol. The number of carbonyl (C=O) groups is 2. The van der Waals surface area contributed by atoms with Crippen molar-refractivity contribution in [3.63, 3.8) is 0 Å². The molecular formula is C27H31F2N3O5. The molecule has 2 aromatic carbocycles. The highest BCUT2D eigenvalue weighted by Gasteiger charge is 2.38. The number of rotatable bonds is 2. The lowest BCUT2D eigenvalue weighted by atomic mass is 9.99. The molecule has 2 saturated heterocycles. The van der Waals surface area contributed by atoms with Crippen molar-refractivity contribution in [1.29, 1.82) is 0 Å². The minimum Gasteiger partial charge on any atom is -0.493 e. The Morgan fingerprint density at radius 3 is 2.70 bits per heavy atom. The molecule has 10 heteroatoms. The van der Waals surface area contributed by atoms with Gasteiger partial charge in [0, 0.05) is 39.1 Å². The number of hydrogen-bond acceptors (Lipinski definition) is 6. The zero-order chi connectivity index (χ0) is 25.9. The van der Waals surface area contributed by atoms with Crippen molar-refractivity contribution in [3.8, 4) is 5.75 Å². The van der Waals surface area contributed by atoms with Crippen LogP contribution in [0.4, 0.5) is 8.78 Å². The number of para-hydroxylation sites is 1. The normalized spacial score (nSPS) is 27.4. The van der Waals surface area contributed by atoms with E-state index in [0.717, 1.165) is 12.1 Å². The van der Waals surface area contributed by atoms with Crippen LogP contribution >= 0.6 is 0 Å². The number of nitrogens with one attached hydrogen (secondary N) is 1. The number of hydrogen-bond donors (Lipinski definition) is 2. The van der Waals surface area contributed by atoms with Crippen LogP contribution in [-0.2, 0) is 16.1 Å². The van der Waals surface area contributed by atoms with E-state index in [-0.39, 0.29) is 37.6 Å². The van der Waals surface area contributed by atoms with Gasteiger partial charge in [-0.3, -0.25) is 14.5 Å². The van der Waals surface area contributed by atoms with Crippen LogP contribution in [0.15, 0.2) is 42.5 Å². The Morgan fingerprint density at radius 1 is 1.03 bits per heavy atom. The van der Waals surface area contributed by atoms with Gasteiger partial charge >= 0.3 is 0 Å². The van der Waals surface area contributed by atoms with Gasteiger partial charge in [-0.1, -0.05) is 18.2 Å². The van der Waals surface area contributed by atoms with Crippen molar-refractivity contribution in [2.24, 2.45) is 0 Å². The Balaban J connectivity index is 1.41. The summed E-state index contributed by atoms with van der Waals surface area (Å²) in [6.45, 7) is 1.69. The third-order valence-electron chi connectivity index (χ3n) is 7.29. The van der Waals surface area contributed by atoms with Gasteiger partial charge in [0.1, 0.15) is 17.9 Å². The minimum absolute atomic E-state index is 0.117. The van der Waals surface area contributed by atoms with Crippen LogP contribution in [-0.4, -0.2) is 83.9 Å². The molecule has 0 aliphatic carbocycles. The number of aliphatic hydroxyl groups excluding tert-OH is 1. The fourth-order valence-corrected chi connectivity index (χ4v) is 5.23. The van der Waals surface area contributed by atoms with E-state index in [4.69, 9.17) is 9.47 Å². The van der Waals surface area contributed by atoms with Crippen LogP contribution in [0.1, 0.15) is 35.2 Å². The first-order valence-corrected chi connectivity index (χ1v) is 12.7. The highest BCUT2D eigenvalue weighted by Crippen LogP contribution is 2.26. The molecule has 3 heterocycles. The topological polar surface area (TPSA) is 91.3 Å². The number of halogens is 2. The molecule has 0 saturated carbocycles. The first-order chi connectivity index (χ1) is 17.9. The van der Waals surface area contributed by atoms with Gasteiger partial charge in [-0.25, -0.2) is 8.78 Å². The standard InChI is InChI=1S/C27H31F2N3O5/c28-20-7-5-17(13-21(20)29)15-31-10-11-32-22(16-31)26(34)30-14-25-23(33)8-6-18(37-25)9-12-36-24-4-2-1-3-19(24)27(32)35/h1-5,7,13,18,22-23,25,33H,6,8-12,14-16H2,(H,30,34)/t18-,22-,23-,25+/m0/s1. The first-order valence-electron chi connectivity index (χ1n) is 12.7. The van der Waals surface area contributed by atoms with Crippen LogP contribution in [0, 0.1) is 11.6 Å². The second kappa shape index (κ2) is 11.1. The van der Waals surface area contributed by atoms with Crippen LogP contribution in [0.2, 0.25) is 0 Å². The quantitative estimate of drug-likeness (QED) is 0.637. The lowest BCUT2D eigenvalue weighted by Gasteiger charge is -2.41. The molecule has 3 aliphatic rings. The second-order valence-electron chi connectivity index (χ2n) is 9.82. The average Bonchev–Trinajstić information content (AvgIpc) is 2.90. The van der Waals surface area contributed by atoms with Crippen molar-refractivity contribution in [2.75, 3.05) is 32.8 Å². The summed E-state index contributed by atoms with van der Waals surface area (Å²) in [4.78, 5) is 30.6. The van der Waals surface area contributed by atoms with E-state index in [0.29, 0.717) is 55.8 Å². The highest BCUT2D eigenvalue weighted by atomic mass is 19.2. The maximum atomic E-state index is 13.8. The van der Waals surface area contributed by atoms with Gasteiger partial charge in [0.2, 0.25) is 5.91 Å². The molecule has 4 atom stereocenters. The van der Waals surface area contributed by atoms with Crippen LogP contribution in [0.5, 0.6) is 5.75 Å². The number of carbonyl (C=O) groups excluding carboxylic acids is 2. The Labute approximate surface area is 214 Å². The van der Waals surface area contributed by atoms with Crippen LogP contribution in [0.3, 0.4) is 0 Å². The third kappa shape index (κ3) is 5.76. The number of aliphatic hydroxyl groups is 1. The van der Waals surface area contributed by atoms with Gasteiger partial charge in [0.05, 0.1) is 24.4 Å². The largest absolute Gasteiger partial charge is 0.493 e. The van der Waals surface area contributed by atoms with Crippen molar-refractivity contribution in [2.45, 2.75) is 50.2 Å². The first kappa shape index (κ1) is 25.6. The lowest BCUT2D eigenvalue weighted by Crippen LogP contribution is -2.61. The molecule has 0 unspecified atom stereocenters. The molecule has 3 aliphatic heterocycles. The maximum Gasteiger partial charge on any atom is 0.258 e. The molecule has 0 spiro atoms. The summed E-state index contributed by atoms with van der Waals surface area (Å²) >= 11 is 0. The molecule has 2 N–H and O–H groups in total. The molecular weight excluding hydrogens is 484 g/mol. The number of fused-ring (bicyclic) bond motifs is 4. The molecule has 8 nitrogen and oxygen atoms in total. The zero-order valence-corrected chi connectivity index (χ0v) is 20.4. The monoisotopic (exact) mass is 515 g/mol. The SMILES string of the molecule is O=C1NC[C@H]2O[C@H](CCOc3ccccc3C(=O)N3CCN(Cc4ccc(F)c(F)c4)C[C@@H]13)CC[C@@H]2O. The molecule has 2 amide bonds. The number of benzene rings is 2. The summed E-state index contributed by atoms with van der Waals surface area (Å²) in [5, 5.41) is 13.3. The summed E-state index contributed by atoms with van der Waals surface area (Å²) in [5.41, 5.74) is 0.952. The molecule has 198 valence electrons. The molecule has 0 radical (unpaired) electrons. The van der Waals surface area contributed by atoms with E-state index in [9.17, 15) is 23.5 Å². The Bertz CT molecular complexity index is 1150. The maximum absolute atomic E-state index is 13.8. The van der Waals surface area contributed by atoms with Gasteiger partial charge in [-0.2, -0.15) is 0 Å². The summed E-state index contributed by atoms with van der Waals surface area (Å²) in [5.74, 6) is -2.07. The van der Waals surface area contributed by atoms with Gasteiger partial charge in [-0.15, -0.1) is 0 Å². The van der Waals surface area contributed by atoms with Crippen molar-refractivity contribution >= 4 is 11.8 Å². The summed E-state index contributed by atoms with van der Waals surface area (Å²) in [7, 11) is 0. The third-order valence-corrected chi connectivity index (χ3v) is 7.29. The lowest BCUT2D eigenvalue weighted by molar-refractivity contribution is -0.135. The average molecular weight is 516 g/mol. The summed E-state index contributed by atoms with van der Waals surface area (Å²) < 4.78 is 39.2. The fraction of sp³-hybridized carbons (Fsp3) is 0.481. The number of amides is 2. The van der Waals surface area contributed by atoms with Crippen molar-refractivity contribution in [3.05, 3.63) is 65.2 Å². The van der Waals surface area contributed by atoms with Crippen LogP contribution in [0.25, 0.3) is 0 Å². The molecule has 2 bridgehead atoms. The van der Waals surface area contributed by atoms with E-state index < -0.39 is 29.9 Å². The van der Waals surface area contributed by atoms with Crippen LogP contribution < -0.4 is 10.1 Å². The Kier molecular flexibility index (Phi) is 7.68. The number of nitrogens with zero attached hydrogens (tertiary/aromatic N) is 2. The van der Waals surface area contributed by atoms with Gasteiger partial charge in [0.15, 0.2) is 11.6 Å². The Morgan fingerprint density at radius 2 is 1.86 bits per heavy atom. The van der Waals surface area contributed by atoms with E-state index in [1.165, 1.54) is 11.0 Å². The summed E-state index contributed by atoms with van der Waals surface area (Å²) in [6, 6.07) is 9.88. The van der Waals surface area contributed by atoms with Gasteiger partial charge in [0.25, 0.3) is 5.91 Å². The van der Waals surface area contributed by atoms with E-state index in [1.54, 1.807) is 24.3 Å².